The van der Waals surface area contributed by atoms with E-state index in [4.69, 9.17) is 9.47 Å². The van der Waals surface area contributed by atoms with Crippen molar-refractivity contribution in [3.63, 3.8) is 0 Å². The summed E-state index contributed by atoms with van der Waals surface area (Å²) >= 11 is 0. The minimum atomic E-state index is -0.123. The van der Waals surface area contributed by atoms with Gasteiger partial charge < -0.3 is 9.47 Å². The number of allylic oxidation sites excluding steroid dienone is 3. The quantitative estimate of drug-likeness (QED) is 0.641. The lowest BCUT2D eigenvalue weighted by atomic mass is 10.1. The lowest BCUT2D eigenvalue weighted by molar-refractivity contribution is 0.0968. The van der Waals surface area contributed by atoms with Crippen LogP contribution < -0.4 is 9.47 Å². The van der Waals surface area contributed by atoms with Crippen LogP contribution in [-0.2, 0) is 0 Å². The van der Waals surface area contributed by atoms with E-state index in [-0.39, 0.29) is 12.7 Å². The molecule has 0 N–H and O–H groups in total. The maximum atomic E-state index is 11.9. The van der Waals surface area contributed by atoms with Crippen LogP contribution in [0.5, 0.6) is 11.5 Å². The zero-order valence-electron chi connectivity index (χ0n) is 12.2. The normalized spacial score (nSPS) is 13.8. The molecule has 0 unspecified atom stereocenters. The van der Waals surface area contributed by atoms with E-state index < -0.39 is 0 Å². The highest BCUT2D eigenvalue weighted by molar-refractivity contribution is 5.90. The van der Waals surface area contributed by atoms with E-state index in [9.17, 15) is 4.79 Å². The molecule has 0 saturated carbocycles. The first-order valence-corrected chi connectivity index (χ1v) is 7.07. The first kappa shape index (κ1) is 14.1. The molecule has 0 saturated heterocycles. The van der Waals surface area contributed by atoms with Crippen LogP contribution in [0.15, 0.2) is 54.6 Å². The molecule has 0 fully saturated rings. The minimum absolute atomic E-state index is 0.123. The molecular weight excluding hydrogens is 280 g/mol. The van der Waals surface area contributed by atoms with Crippen LogP contribution in [0.25, 0.3) is 6.08 Å². The third-order valence-electron chi connectivity index (χ3n) is 3.36. The summed E-state index contributed by atoms with van der Waals surface area (Å²) in [5.41, 5.74) is 2.06. The Morgan fingerprint density at radius 2 is 2.18 bits per heavy atom. The van der Waals surface area contributed by atoms with Crippen molar-refractivity contribution in [2.75, 3.05) is 6.79 Å². The van der Waals surface area contributed by atoms with Gasteiger partial charge in [-0.3, -0.25) is 9.36 Å². The predicted molar refractivity (Wildman–Crippen MR) is 82.8 cm³/mol. The number of aromatic nitrogens is 2. The molecule has 2 aromatic rings. The van der Waals surface area contributed by atoms with Crippen molar-refractivity contribution in [3.8, 4) is 11.5 Å². The number of fused-ring (bicyclic) bond motifs is 1. The van der Waals surface area contributed by atoms with Gasteiger partial charge in [0.15, 0.2) is 11.5 Å². The van der Waals surface area contributed by atoms with E-state index in [0.29, 0.717) is 0 Å². The summed E-state index contributed by atoms with van der Waals surface area (Å²) < 4.78 is 12.1. The summed E-state index contributed by atoms with van der Waals surface area (Å²) in [4.78, 5) is 15.8. The third-order valence-corrected chi connectivity index (χ3v) is 3.36. The van der Waals surface area contributed by atoms with Crippen molar-refractivity contribution < 1.29 is 14.3 Å². The van der Waals surface area contributed by atoms with Gasteiger partial charge in [-0.1, -0.05) is 25.1 Å². The van der Waals surface area contributed by atoms with Crippen molar-refractivity contribution in [2.45, 2.75) is 13.3 Å². The number of rotatable bonds is 4. The van der Waals surface area contributed by atoms with E-state index >= 15 is 0 Å². The standard InChI is InChI=1S/C17H16N2O3/c1-2-13(4-6-17(20)19-8-7-18-11-19)9-14-3-5-15-16(10-14)22-12-21-15/h3-11H,2,12H2,1H3. The average Bonchev–Trinajstić information content (AvgIpc) is 3.21. The molecule has 0 spiro atoms. The second-order valence-corrected chi connectivity index (χ2v) is 4.83. The molecular formula is C17H16N2O3. The fraction of sp³-hybridized carbons (Fsp3) is 0.176. The Hall–Kier alpha value is -2.82. The van der Waals surface area contributed by atoms with Crippen LogP contribution >= 0.6 is 0 Å². The van der Waals surface area contributed by atoms with Crippen LogP contribution in [0.4, 0.5) is 0 Å². The SMILES string of the molecule is CCC(C=CC(=O)n1ccnc1)=Cc1ccc2c(c1)OCO2. The Kier molecular flexibility index (Phi) is 4.05. The zero-order valence-corrected chi connectivity index (χ0v) is 12.2. The molecule has 3 rings (SSSR count). The number of imidazole rings is 1. The molecule has 0 radical (unpaired) electrons. The summed E-state index contributed by atoms with van der Waals surface area (Å²) in [5, 5.41) is 0. The van der Waals surface area contributed by atoms with Crippen molar-refractivity contribution in [1.29, 1.82) is 0 Å². The van der Waals surface area contributed by atoms with E-state index in [1.54, 1.807) is 18.5 Å². The predicted octanol–water partition coefficient (Wildman–Crippen LogP) is 3.30. The number of hydrogen-bond donors (Lipinski definition) is 0. The van der Waals surface area contributed by atoms with Gasteiger partial charge in [0.25, 0.3) is 5.91 Å². The number of hydrogen-bond acceptors (Lipinski definition) is 4. The number of benzene rings is 1. The summed E-state index contributed by atoms with van der Waals surface area (Å²) in [6, 6.07) is 5.79. The van der Waals surface area contributed by atoms with Crippen LogP contribution in [0, 0.1) is 0 Å². The molecule has 22 heavy (non-hydrogen) atoms. The highest BCUT2D eigenvalue weighted by atomic mass is 16.7. The first-order valence-electron chi connectivity index (χ1n) is 7.07. The monoisotopic (exact) mass is 296 g/mol. The average molecular weight is 296 g/mol. The van der Waals surface area contributed by atoms with Crippen LogP contribution in [0.3, 0.4) is 0 Å². The van der Waals surface area contributed by atoms with Crippen LogP contribution in [0.1, 0.15) is 23.7 Å². The molecule has 5 nitrogen and oxygen atoms in total. The highest BCUT2D eigenvalue weighted by Crippen LogP contribution is 2.33. The first-order chi connectivity index (χ1) is 10.8. The van der Waals surface area contributed by atoms with E-state index in [2.05, 4.69) is 4.98 Å². The fourth-order valence-electron chi connectivity index (χ4n) is 2.14. The molecule has 1 aromatic heterocycles. The maximum absolute atomic E-state index is 11.9. The van der Waals surface area contributed by atoms with Gasteiger partial charge in [-0.25, -0.2) is 4.98 Å². The Bertz CT molecular complexity index is 730. The Labute approximate surface area is 128 Å². The van der Waals surface area contributed by atoms with E-state index in [0.717, 1.165) is 29.1 Å². The molecule has 2 heterocycles. The van der Waals surface area contributed by atoms with E-state index in [1.165, 1.54) is 10.9 Å². The van der Waals surface area contributed by atoms with Crippen LogP contribution in [0.2, 0.25) is 0 Å². The molecule has 112 valence electrons. The largest absolute Gasteiger partial charge is 0.454 e. The molecule has 0 atom stereocenters. The second kappa shape index (κ2) is 6.30. The summed E-state index contributed by atoms with van der Waals surface area (Å²) in [6.07, 6.45) is 10.9. The molecule has 1 aliphatic heterocycles. The van der Waals surface area contributed by atoms with Crippen molar-refractivity contribution in [3.05, 3.63) is 60.2 Å². The Morgan fingerprint density at radius 1 is 1.32 bits per heavy atom. The van der Waals surface area contributed by atoms with Crippen LogP contribution in [-0.4, -0.2) is 22.3 Å². The number of carbonyl (C=O) groups excluding carboxylic acids is 1. The maximum Gasteiger partial charge on any atom is 0.255 e. The topological polar surface area (TPSA) is 53.4 Å². The fourth-order valence-corrected chi connectivity index (χ4v) is 2.14. The Balaban J connectivity index is 1.77. The van der Waals surface area contributed by atoms with Crippen molar-refractivity contribution in [2.24, 2.45) is 0 Å². The van der Waals surface area contributed by atoms with E-state index in [1.807, 2.05) is 37.3 Å². The number of carbonyl (C=O) groups is 1. The van der Waals surface area contributed by atoms with Gasteiger partial charge in [-0.15, -0.1) is 0 Å². The van der Waals surface area contributed by atoms with Gasteiger partial charge in [0.1, 0.15) is 6.33 Å². The van der Waals surface area contributed by atoms with Crippen molar-refractivity contribution >= 4 is 12.0 Å². The lowest BCUT2D eigenvalue weighted by Crippen LogP contribution is -2.03. The second-order valence-electron chi connectivity index (χ2n) is 4.83. The zero-order chi connectivity index (χ0) is 15.4. The molecule has 1 aliphatic rings. The summed E-state index contributed by atoms with van der Waals surface area (Å²) in [5.74, 6) is 1.39. The van der Waals surface area contributed by atoms with Gasteiger partial charge in [0.2, 0.25) is 6.79 Å². The Morgan fingerprint density at radius 3 is 2.95 bits per heavy atom. The number of ether oxygens (including phenoxy) is 2. The highest BCUT2D eigenvalue weighted by Gasteiger charge is 2.12. The molecule has 1 aromatic carbocycles. The van der Waals surface area contributed by atoms with Crippen molar-refractivity contribution in [1.82, 2.24) is 9.55 Å². The molecule has 0 bridgehead atoms. The lowest BCUT2D eigenvalue weighted by Gasteiger charge is -2.01. The molecule has 5 heteroatoms. The van der Waals surface area contributed by atoms with Gasteiger partial charge >= 0.3 is 0 Å². The molecule has 0 aliphatic carbocycles. The smallest absolute Gasteiger partial charge is 0.255 e. The van der Waals surface area contributed by atoms with Gasteiger partial charge in [0.05, 0.1) is 0 Å². The van der Waals surface area contributed by atoms with Gasteiger partial charge in [-0.2, -0.15) is 0 Å². The summed E-state index contributed by atoms with van der Waals surface area (Å²) in [7, 11) is 0. The third kappa shape index (κ3) is 3.09. The number of nitrogens with zero attached hydrogens (tertiary/aromatic N) is 2. The van der Waals surface area contributed by atoms with Gasteiger partial charge in [0, 0.05) is 18.5 Å². The molecule has 0 amide bonds. The van der Waals surface area contributed by atoms with Gasteiger partial charge in [-0.05, 0) is 29.7 Å². The minimum Gasteiger partial charge on any atom is -0.454 e. The summed E-state index contributed by atoms with van der Waals surface area (Å²) in [6.45, 7) is 2.31.